The van der Waals surface area contributed by atoms with Crippen molar-refractivity contribution in [3.05, 3.63) is 29.8 Å². The Labute approximate surface area is 127 Å². The summed E-state index contributed by atoms with van der Waals surface area (Å²) in [6, 6.07) is 8.63. The molecule has 1 heterocycles. The van der Waals surface area contributed by atoms with Crippen LogP contribution in [-0.4, -0.2) is 50.7 Å². The molecule has 116 valence electrons. The van der Waals surface area contributed by atoms with Crippen LogP contribution in [0.3, 0.4) is 0 Å². The lowest BCUT2D eigenvalue weighted by atomic mass is 10.0. The number of benzene rings is 1. The van der Waals surface area contributed by atoms with Gasteiger partial charge in [0.15, 0.2) is 5.96 Å². The van der Waals surface area contributed by atoms with Gasteiger partial charge in [-0.2, -0.15) is 0 Å². The summed E-state index contributed by atoms with van der Waals surface area (Å²) >= 11 is 0. The van der Waals surface area contributed by atoms with E-state index in [1.165, 1.54) is 5.56 Å². The number of hydrogen-bond donors (Lipinski definition) is 2. The quantitative estimate of drug-likeness (QED) is 0.801. The van der Waals surface area contributed by atoms with Gasteiger partial charge < -0.3 is 15.4 Å². The van der Waals surface area contributed by atoms with Gasteiger partial charge in [-0.3, -0.25) is 9.89 Å². The van der Waals surface area contributed by atoms with E-state index in [-0.39, 0.29) is 0 Å². The van der Waals surface area contributed by atoms with Crippen LogP contribution >= 0.6 is 0 Å². The molecule has 0 saturated carbocycles. The molecule has 1 atom stereocenters. The van der Waals surface area contributed by atoms with E-state index in [9.17, 15) is 0 Å². The third-order valence-electron chi connectivity index (χ3n) is 3.87. The molecule has 2 N–H and O–H groups in total. The number of nitrogens with zero attached hydrogens (tertiary/aromatic N) is 2. The SMILES string of the molecule is CCN(CC)C(CNC1=NCCN1)c1cccc(OC)c1. The fourth-order valence-corrected chi connectivity index (χ4v) is 2.68. The Bertz CT molecular complexity index is 471. The number of nitrogens with one attached hydrogen (secondary N) is 2. The lowest BCUT2D eigenvalue weighted by Gasteiger charge is -2.30. The van der Waals surface area contributed by atoms with Gasteiger partial charge >= 0.3 is 0 Å². The van der Waals surface area contributed by atoms with Crippen LogP contribution in [0, 0.1) is 0 Å². The maximum atomic E-state index is 5.35. The lowest BCUT2D eigenvalue weighted by molar-refractivity contribution is 0.218. The first-order valence-corrected chi connectivity index (χ1v) is 7.68. The molecule has 0 aliphatic carbocycles. The molecule has 5 nitrogen and oxygen atoms in total. The minimum Gasteiger partial charge on any atom is -0.497 e. The molecule has 21 heavy (non-hydrogen) atoms. The van der Waals surface area contributed by atoms with Gasteiger partial charge in [-0.1, -0.05) is 26.0 Å². The van der Waals surface area contributed by atoms with E-state index in [2.05, 4.69) is 52.6 Å². The summed E-state index contributed by atoms with van der Waals surface area (Å²) in [4.78, 5) is 6.84. The fraction of sp³-hybridized carbons (Fsp3) is 0.562. The molecule has 1 aromatic rings. The van der Waals surface area contributed by atoms with Gasteiger partial charge in [-0.15, -0.1) is 0 Å². The number of ether oxygens (including phenoxy) is 1. The molecule has 0 fully saturated rings. The van der Waals surface area contributed by atoms with Crippen molar-refractivity contribution >= 4 is 5.96 Å². The molecule has 1 aliphatic rings. The zero-order valence-electron chi connectivity index (χ0n) is 13.2. The molecular weight excluding hydrogens is 264 g/mol. The van der Waals surface area contributed by atoms with Crippen molar-refractivity contribution < 1.29 is 4.74 Å². The molecule has 0 bridgehead atoms. The smallest absolute Gasteiger partial charge is 0.191 e. The van der Waals surface area contributed by atoms with Gasteiger partial charge in [0, 0.05) is 13.1 Å². The largest absolute Gasteiger partial charge is 0.497 e. The summed E-state index contributed by atoms with van der Waals surface area (Å²) in [6.45, 7) is 9.04. The molecule has 0 aromatic heterocycles. The summed E-state index contributed by atoms with van der Waals surface area (Å²) in [5, 5.41) is 6.68. The van der Waals surface area contributed by atoms with E-state index in [0.717, 1.165) is 44.4 Å². The van der Waals surface area contributed by atoms with Crippen molar-refractivity contribution in [1.82, 2.24) is 15.5 Å². The molecule has 1 aliphatic heterocycles. The Morgan fingerprint density at radius 1 is 1.38 bits per heavy atom. The van der Waals surface area contributed by atoms with E-state index in [1.807, 2.05) is 6.07 Å². The van der Waals surface area contributed by atoms with Crippen molar-refractivity contribution in [1.29, 1.82) is 0 Å². The first-order chi connectivity index (χ1) is 10.3. The van der Waals surface area contributed by atoms with Crippen LogP contribution < -0.4 is 15.4 Å². The average Bonchev–Trinajstić information content (AvgIpc) is 3.05. The number of aliphatic imine (C=N–C) groups is 1. The van der Waals surface area contributed by atoms with E-state index >= 15 is 0 Å². The second-order valence-corrected chi connectivity index (χ2v) is 5.05. The van der Waals surface area contributed by atoms with Crippen LogP contribution in [0.1, 0.15) is 25.5 Å². The standard InChI is InChI=1S/C16H26N4O/c1-4-20(5-2)15(12-19-16-17-9-10-18-16)13-7-6-8-14(11-13)21-3/h6-8,11,15H,4-5,9-10,12H2,1-3H3,(H2,17,18,19). The Morgan fingerprint density at radius 3 is 2.81 bits per heavy atom. The molecule has 0 amide bonds. The van der Waals surface area contributed by atoms with Crippen molar-refractivity contribution in [2.75, 3.05) is 39.8 Å². The predicted molar refractivity (Wildman–Crippen MR) is 87.0 cm³/mol. The summed E-state index contributed by atoms with van der Waals surface area (Å²) in [5.74, 6) is 1.82. The van der Waals surface area contributed by atoms with Crippen molar-refractivity contribution in [2.24, 2.45) is 4.99 Å². The third kappa shape index (κ3) is 4.11. The zero-order valence-corrected chi connectivity index (χ0v) is 13.2. The number of hydrogen-bond acceptors (Lipinski definition) is 5. The highest BCUT2D eigenvalue weighted by Gasteiger charge is 2.19. The topological polar surface area (TPSA) is 48.9 Å². The number of methoxy groups -OCH3 is 1. The van der Waals surface area contributed by atoms with Crippen LogP contribution in [0.4, 0.5) is 0 Å². The highest BCUT2D eigenvalue weighted by Crippen LogP contribution is 2.23. The predicted octanol–water partition coefficient (Wildman–Crippen LogP) is 1.63. The van der Waals surface area contributed by atoms with Crippen LogP contribution in [0.5, 0.6) is 5.75 Å². The molecule has 1 aromatic carbocycles. The van der Waals surface area contributed by atoms with Gasteiger partial charge in [-0.05, 0) is 30.8 Å². The summed E-state index contributed by atoms with van der Waals surface area (Å²) in [7, 11) is 1.71. The maximum Gasteiger partial charge on any atom is 0.191 e. The van der Waals surface area contributed by atoms with E-state index in [1.54, 1.807) is 7.11 Å². The molecule has 0 saturated heterocycles. The molecule has 5 heteroatoms. The summed E-state index contributed by atoms with van der Waals surface area (Å²) in [5.41, 5.74) is 1.27. The van der Waals surface area contributed by atoms with Gasteiger partial charge in [0.05, 0.1) is 19.7 Å². The number of likely N-dealkylation sites (N-methyl/N-ethyl adjacent to an activating group) is 1. The molecule has 0 spiro atoms. The third-order valence-corrected chi connectivity index (χ3v) is 3.87. The second kappa shape index (κ2) is 7.88. The van der Waals surface area contributed by atoms with Gasteiger partial charge in [-0.25, -0.2) is 0 Å². The van der Waals surface area contributed by atoms with Crippen molar-refractivity contribution in [3.8, 4) is 5.75 Å². The zero-order chi connectivity index (χ0) is 15.1. The molecule has 0 radical (unpaired) electrons. The second-order valence-electron chi connectivity index (χ2n) is 5.05. The summed E-state index contributed by atoms with van der Waals surface area (Å²) in [6.07, 6.45) is 0. The number of rotatable bonds is 7. The highest BCUT2D eigenvalue weighted by atomic mass is 16.5. The minimum atomic E-state index is 0.306. The highest BCUT2D eigenvalue weighted by molar-refractivity contribution is 5.81. The van der Waals surface area contributed by atoms with Crippen LogP contribution in [-0.2, 0) is 0 Å². The van der Waals surface area contributed by atoms with Crippen LogP contribution in [0.2, 0.25) is 0 Å². The maximum absolute atomic E-state index is 5.35. The van der Waals surface area contributed by atoms with E-state index in [4.69, 9.17) is 4.74 Å². The Balaban J connectivity index is 2.13. The Hall–Kier alpha value is -1.75. The monoisotopic (exact) mass is 290 g/mol. The van der Waals surface area contributed by atoms with Gasteiger partial charge in [0.1, 0.15) is 5.75 Å². The summed E-state index contributed by atoms with van der Waals surface area (Å²) < 4.78 is 5.35. The molecular formula is C16H26N4O. The first kappa shape index (κ1) is 15.6. The van der Waals surface area contributed by atoms with Crippen LogP contribution in [0.25, 0.3) is 0 Å². The normalized spacial score (nSPS) is 15.5. The lowest BCUT2D eigenvalue weighted by Crippen LogP contribution is -2.41. The van der Waals surface area contributed by atoms with E-state index < -0.39 is 0 Å². The van der Waals surface area contributed by atoms with Gasteiger partial charge in [0.25, 0.3) is 0 Å². The molecule has 2 rings (SSSR count). The Kier molecular flexibility index (Phi) is 5.87. The number of guanidine groups is 1. The van der Waals surface area contributed by atoms with Crippen molar-refractivity contribution in [2.45, 2.75) is 19.9 Å². The Morgan fingerprint density at radius 2 is 2.19 bits per heavy atom. The minimum absolute atomic E-state index is 0.306. The van der Waals surface area contributed by atoms with E-state index in [0.29, 0.717) is 6.04 Å². The fourth-order valence-electron chi connectivity index (χ4n) is 2.68. The first-order valence-electron chi connectivity index (χ1n) is 7.68. The average molecular weight is 290 g/mol. The van der Waals surface area contributed by atoms with Crippen LogP contribution in [0.15, 0.2) is 29.3 Å². The molecule has 1 unspecified atom stereocenters. The van der Waals surface area contributed by atoms with Gasteiger partial charge in [0.2, 0.25) is 0 Å². The van der Waals surface area contributed by atoms with Crippen molar-refractivity contribution in [3.63, 3.8) is 0 Å².